The van der Waals surface area contributed by atoms with Gasteiger partial charge in [-0.05, 0) is 41.3 Å². The summed E-state index contributed by atoms with van der Waals surface area (Å²) in [7, 11) is 0. The van der Waals surface area contributed by atoms with E-state index in [0.717, 1.165) is 16.5 Å². The van der Waals surface area contributed by atoms with Crippen LogP contribution in [-0.2, 0) is 9.59 Å². The van der Waals surface area contributed by atoms with Gasteiger partial charge in [0.25, 0.3) is 11.8 Å². The van der Waals surface area contributed by atoms with Crippen LogP contribution in [0, 0.1) is 0 Å². The van der Waals surface area contributed by atoms with E-state index in [9.17, 15) is 9.59 Å². The normalized spacial score (nSPS) is 13.9. The van der Waals surface area contributed by atoms with Crippen molar-refractivity contribution >= 4 is 51.1 Å². The number of nitrogens with zero attached hydrogens (tertiary/aromatic N) is 1. The van der Waals surface area contributed by atoms with Crippen LogP contribution in [0.2, 0.25) is 5.02 Å². The maximum Gasteiger partial charge on any atom is 0.282 e. The smallest absolute Gasteiger partial charge is 0.282 e. The number of benzene rings is 4. The van der Waals surface area contributed by atoms with Crippen LogP contribution in [0.3, 0.4) is 0 Å². The third-order valence-electron chi connectivity index (χ3n) is 5.28. The van der Waals surface area contributed by atoms with Gasteiger partial charge in [0.05, 0.1) is 11.3 Å². The number of anilines is 2. The lowest BCUT2D eigenvalue weighted by Crippen LogP contribution is -2.32. The summed E-state index contributed by atoms with van der Waals surface area (Å²) in [6.07, 6.45) is 0. The van der Waals surface area contributed by atoms with Gasteiger partial charge < -0.3 is 5.32 Å². The molecule has 4 aromatic carbocycles. The summed E-state index contributed by atoms with van der Waals surface area (Å²) in [4.78, 5) is 28.1. The first-order valence-electron chi connectivity index (χ1n) is 9.82. The largest absolute Gasteiger partial charge is 0.350 e. The maximum atomic E-state index is 13.5. The molecule has 0 saturated carbocycles. The Morgan fingerprint density at radius 2 is 1.35 bits per heavy atom. The minimum absolute atomic E-state index is 0.243. The van der Waals surface area contributed by atoms with Gasteiger partial charge in [-0.1, -0.05) is 78.3 Å². The Morgan fingerprint density at radius 3 is 2.13 bits per heavy atom. The molecule has 5 rings (SSSR count). The molecule has 0 spiro atoms. The molecule has 0 aliphatic carbocycles. The first-order chi connectivity index (χ1) is 15.1. The highest BCUT2D eigenvalue weighted by atomic mass is 35.5. The molecule has 2 amide bonds. The number of amides is 2. The first kappa shape index (κ1) is 19.1. The highest BCUT2D eigenvalue weighted by Crippen LogP contribution is 2.35. The topological polar surface area (TPSA) is 49.4 Å². The van der Waals surface area contributed by atoms with E-state index in [0.29, 0.717) is 21.8 Å². The Hall–Kier alpha value is -3.89. The van der Waals surface area contributed by atoms with Gasteiger partial charge in [0.2, 0.25) is 0 Å². The van der Waals surface area contributed by atoms with Crippen LogP contribution in [-0.4, -0.2) is 11.8 Å². The standard InChI is InChI=1S/C26H17ClN2O2/c27-19-15-13-18(14-16-19)23-24(26(31)29(25(23)30)20-9-2-1-3-10-20)28-22-12-6-8-17-7-4-5-11-21(17)22/h1-16,28H. The maximum absolute atomic E-state index is 13.5. The van der Waals surface area contributed by atoms with Gasteiger partial charge in [0.15, 0.2) is 0 Å². The summed E-state index contributed by atoms with van der Waals surface area (Å²) in [5.74, 6) is -0.768. The van der Waals surface area contributed by atoms with Crippen LogP contribution in [0.1, 0.15) is 5.56 Å². The Morgan fingerprint density at radius 1 is 0.677 bits per heavy atom. The SMILES string of the molecule is O=C1C(Nc2cccc3ccccc23)=C(c2ccc(Cl)cc2)C(=O)N1c1ccccc1. The third kappa shape index (κ3) is 3.37. The molecule has 150 valence electrons. The van der Waals surface area contributed by atoms with Crippen molar-refractivity contribution in [2.45, 2.75) is 0 Å². The van der Waals surface area contributed by atoms with Crippen LogP contribution in [0.25, 0.3) is 16.3 Å². The molecule has 4 aromatic rings. The number of fused-ring (bicyclic) bond motifs is 1. The highest BCUT2D eigenvalue weighted by Gasteiger charge is 2.40. The van der Waals surface area contributed by atoms with E-state index < -0.39 is 5.91 Å². The summed E-state index contributed by atoms with van der Waals surface area (Å²) in [5, 5.41) is 5.83. The Bertz CT molecular complexity index is 1340. The summed E-state index contributed by atoms with van der Waals surface area (Å²) < 4.78 is 0. The van der Waals surface area contributed by atoms with Crippen molar-refractivity contribution < 1.29 is 9.59 Å². The molecule has 4 nitrogen and oxygen atoms in total. The number of imide groups is 1. The molecule has 0 atom stereocenters. The summed E-state index contributed by atoms with van der Waals surface area (Å²) in [5.41, 5.74) is 2.48. The minimum atomic E-state index is -0.394. The van der Waals surface area contributed by atoms with Crippen LogP contribution in [0.5, 0.6) is 0 Å². The minimum Gasteiger partial charge on any atom is -0.350 e. The molecule has 0 radical (unpaired) electrons. The van der Waals surface area contributed by atoms with Gasteiger partial charge >= 0.3 is 0 Å². The van der Waals surface area contributed by atoms with Crippen molar-refractivity contribution in [2.24, 2.45) is 0 Å². The summed E-state index contributed by atoms with van der Waals surface area (Å²) >= 11 is 6.05. The number of hydrogen-bond donors (Lipinski definition) is 1. The first-order valence-corrected chi connectivity index (χ1v) is 10.2. The van der Waals surface area contributed by atoms with E-state index in [1.165, 1.54) is 4.90 Å². The average Bonchev–Trinajstić information content (AvgIpc) is 3.04. The fourth-order valence-electron chi connectivity index (χ4n) is 3.81. The van der Waals surface area contributed by atoms with Gasteiger partial charge in [0.1, 0.15) is 5.70 Å². The molecular weight excluding hydrogens is 408 g/mol. The van der Waals surface area contributed by atoms with Crippen molar-refractivity contribution in [2.75, 3.05) is 10.2 Å². The number of halogens is 1. The van der Waals surface area contributed by atoms with Crippen LogP contribution < -0.4 is 10.2 Å². The molecule has 0 bridgehead atoms. The molecule has 0 unspecified atom stereocenters. The summed E-state index contributed by atoms with van der Waals surface area (Å²) in [6, 6.07) is 29.6. The zero-order valence-corrected chi connectivity index (χ0v) is 17.1. The van der Waals surface area contributed by atoms with E-state index in [1.54, 1.807) is 48.5 Å². The molecule has 1 N–H and O–H groups in total. The molecule has 1 heterocycles. The molecule has 0 fully saturated rings. The number of rotatable bonds is 4. The average molecular weight is 425 g/mol. The lowest BCUT2D eigenvalue weighted by atomic mass is 10.0. The van der Waals surface area contributed by atoms with E-state index >= 15 is 0 Å². The predicted octanol–water partition coefficient (Wildman–Crippen LogP) is 5.89. The second-order valence-electron chi connectivity index (χ2n) is 7.19. The molecule has 1 aliphatic heterocycles. The van der Waals surface area contributed by atoms with Crippen LogP contribution >= 0.6 is 11.6 Å². The zero-order chi connectivity index (χ0) is 21.4. The molecule has 1 aliphatic rings. The molecule has 0 aromatic heterocycles. The lowest BCUT2D eigenvalue weighted by molar-refractivity contribution is -0.120. The van der Waals surface area contributed by atoms with Crippen molar-refractivity contribution in [1.29, 1.82) is 0 Å². The fourth-order valence-corrected chi connectivity index (χ4v) is 3.94. The van der Waals surface area contributed by atoms with Gasteiger partial charge in [0, 0.05) is 16.1 Å². The molecule has 31 heavy (non-hydrogen) atoms. The van der Waals surface area contributed by atoms with Gasteiger partial charge in [-0.2, -0.15) is 0 Å². The third-order valence-corrected chi connectivity index (χ3v) is 5.53. The van der Waals surface area contributed by atoms with E-state index in [2.05, 4.69) is 5.32 Å². The fraction of sp³-hybridized carbons (Fsp3) is 0. The van der Waals surface area contributed by atoms with Gasteiger partial charge in [-0.15, -0.1) is 0 Å². The molecular formula is C26H17ClN2O2. The number of carbonyl (C=O) groups is 2. The number of nitrogens with one attached hydrogen (secondary N) is 1. The number of para-hydroxylation sites is 1. The molecule has 0 saturated heterocycles. The second kappa shape index (κ2) is 7.74. The van der Waals surface area contributed by atoms with Crippen LogP contribution in [0.15, 0.2) is 103 Å². The van der Waals surface area contributed by atoms with Crippen molar-refractivity contribution in [3.63, 3.8) is 0 Å². The highest BCUT2D eigenvalue weighted by molar-refractivity contribution is 6.46. The Balaban J connectivity index is 1.66. The lowest BCUT2D eigenvalue weighted by Gasteiger charge is -2.15. The number of hydrogen-bond acceptors (Lipinski definition) is 3. The molecule has 5 heteroatoms. The van der Waals surface area contributed by atoms with Gasteiger partial charge in [-0.25, -0.2) is 4.90 Å². The Labute approximate surface area is 184 Å². The van der Waals surface area contributed by atoms with E-state index in [1.807, 2.05) is 48.5 Å². The van der Waals surface area contributed by atoms with Crippen molar-refractivity contribution in [1.82, 2.24) is 0 Å². The van der Waals surface area contributed by atoms with E-state index in [4.69, 9.17) is 11.6 Å². The van der Waals surface area contributed by atoms with Crippen molar-refractivity contribution in [3.05, 3.63) is 113 Å². The zero-order valence-electron chi connectivity index (χ0n) is 16.4. The summed E-state index contributed by atoms with van der Waals surface area (Å²) in [6.45, 7) is 0. The van der Waals surface area contributed by atoms with Crippen molar-refractivity contribution in [3.8, 4) is 0 Å². The quantitative estimate of drug-likeness (QED) is 0.415. The van der Waals surface area contributed by atoms with E-state index in [-0.39, 0.29) is 11.6 Å². The number of carbonyl (C=O) groups excluding carboxylic acids is 2. The monoisotopic (exact) mass is 424 g/mol. The predicted molar refractivity (Wildman–Crippen MR) is 125 cm³/mol. The van der Waals surface area contributed by atoms with Crippen LogP contribution in [0.4, 0.5) is 11.4 Å². The second-order valence-corrected chi connectivity index (χ2v) is 7.63. The van der Waals surface area contributed by atoms with Gasteiger partial charge in [-0.3, -0.25) is 9.59 Å². The Kier molecular flexibility index (Phi) is 4.77.